The van der Waals surface area contributed by atoms with Gasteiger partial charge in [-0.15, -0.1) is 0 Å². The summed E-state index contributed by atoms with van der Waals surface area (Å²) in [6, 6.07) is 0. The lowest BCUT2D eigenvalue weighted by molar-refractivity contribution is 0.148. The highest BCUT2D eigenvalue weighted by Gasteiger charge is 2.12. The Kier molecular flexibility index (Phi) is 4.24. The van der Waals surface area contributed by atoms with E-state index in [0.717, 1.165) is 26.2 Å². The second-order valence-corrected chi connectivity index (χ2v) is 4.01. The van der Waals surface area contributed by atoms with Crippen molar-refractivity contribution in [1.29, 1.82) is 0 Å². The summed E-state index contributed by atoms with van der Waals surface area (Å²) < 4.78 is 0.0199. The fraction of sp³-hybridized carbons (Fsp3) is 0.857. The number of halogens is 1. The zero-order chi connectivity index (χ0) is 8.97. The monoisotopic (exact) mass is 283 g/mol. The Labute approximate surface area is 86.4 Å². The van der Waals surface area contributed by atoms with Crippen molar-refractivity contribution >= 4 is 26.5 Å². The van der Waals surface area contributed by atoms with E-state index in [-0.39, 0.29) is 3.91 Å². The molecule has 1 aliphatic heterocycles. The molecule has 4 nitrogen and oxygen atoms in total. The van der Waals surface area contributed by atoms with Crippen molar-refractivity contribution < 1.29 is 4.79 Å². The predicted octanol–water partition coefficient (Wildman–Crippen LogP) is 0.336. The fourth-order valence-corrected chi connectivity index (χ4v) is 1.35. The lowest BCUT2D eigenvalue weighted by Gasteiger charge is -2.31. The van der Waals surface area contributed by atoms with Crippen LogP contribution in [-0.2, 0) is 0 Å². The largest absolute Gasteiger partial charge is 0.335 e. The Morgan fingerprint density at radius 2 is 2.00 bits per heavy atom. The standard InChI is InChI=1S/C7H14IN3O/c1-10-2-4-11(5-3-10)6-9-7(8)12/h2-6H2,1H3,(H,9,12). The van der Waals surface area contributed by atoms with Gasteiger partial charge in [0, 0.05) is 48.8 Å². The van der Waals surface area contributed by atoms with Gasteiger partial charge in [0.05, 0.1) is 6.67 Å². The van der Waals surface area contributed by atoms with Crippen LogP contribution in [0.25, 0.3) is 0 Å². The van der Waals surface area contributed by atoms with Gasteiger partial charge in [-0.2, -0.15) is 0 Å². The molecule has 70 valence electrons. The van der Waals surface area contributed by atoms with Gasteiger partial charge in [-0.3, -0.25) is 9.69 Å². The summed E-state index contributed by atoms with van der Waals surface area (Å²) in [4.78, 5) is 15.1. The number of rotatable bonds is 2. The minimum atomic E-state index is 0.0199. The highest BCUT2D eigenvalue weighted by atomic mass is 127. The van der Waals surface area contributed by atoms with Crippen molar-refractivity contribution in [2.24, 2.45) is 0 Å². The summed E-state index contributed by atoms with van der Waals surface area (Å²) in [6.45, 7) is 4.98. The van der Waals surface area contributed by atoms with Gasteiger partial charge in [0.2, 0.25) is 0 Å². The summed E-state index contributed by atoms with van der Waals surface area (Å²) in [6.07, 6.45) is 0. The van der Waals surface area contributed by atoms with Crippen LogP contribution in [0.2, 0.25) is 0 Å². The lowest BCUT2D eigenvalue weighted by atomic mass is 10.3. The highest BCUT2D eigenvalue weighted by Crippen LogP contribution is 1.97. The number of piperazine rings is 1. The van der Waals surface area contributed by atoms with Gasteiger partial charge in [-0.25, -0.2) is 0 Å². The van der Waals surface area contributed by atoms with Crippen LogP contribution in [-0.4, -0.2) is 53.6 Å². The first-order chi connectivity index (χ1) is 5.68. The smallest absolute Gasteiger partial charge is 0.281 e. The topological polar surface area (TPSA) is 35.6 Å². The van der Waals surface area contributed by atoms with Gasteiger partial charge in [-0.1, -0.05) is 0 Å². The molecule has 0 spiro atoms. The average Bonchev–Trinajstić information content (AvgIpc) is 2.03. The van der Waals surface area contributed by atoms with Crippen LogP contribution < -0.4 is 5.32 Å². The maximum atomic E-state index is 10.6. The number of amides is 1. The van der Waals surface area contributed by atoms with Gasteiger partial charge in [0.25, 0.3) is 3.91 Å². The van der Waals surface area contributed by atoms with E-state index in [1.165, 1.54) is 0 Å². The normalized spacial score (nSPS) is 20.8. The van der Waals surface area contributed by atoms with Crippen molar-refractivity contribution in [1.82, 2.24) is 15.1 Å². The SMILES string of the molecule is CN1CCN(CNC(=O)I)CC1. The van der Waals surface area contributed by atoms with Gasteiger partial charge in [0.1, 0.15) is 0 Å². The molecular formula is C7H14IN3O. The van der Waals surface area contributed by atoms with Crippen molar-refractivity contribution in [2.75, 3.05) is 39.9 Å². The van der Waals surface area contributed by atoms with Gasteiger partial charge >= 0.3 is 0 Å². The van der Waals surface area contributed by atoms with Crippen LogP contribution in [0.15, 0.2) is 0 Å². The second kappa shape index (κ2) is 4.98. The van der Waals surface area contributed by atoms with Crippen molar-refractivity contribution in [3.8, 4) is 0 Å². The average molecular weight is 283 g/mol. The molecule has 1 aliphatic rings. The molecule has 0 aliphatic carbocycles. The zero-order valence-corrected chi connectivity index (χ0v) is 9.37. The summed E-state index contributed by atoms with van der Waals surface area (Å²) >= 11 is 1.76. The molecule has 1 amide bonds. The van der Waals surface area contributed by atoms with E-state index in [0.29, 0.717) is 6.67 Å². The summed E-state index contributed by atoms with van der Waals surface area (Å²) in [5.74, 6) is 0. The summed E-state index contributed by atoms with van der Waals surface area (Å²) in [7, 11) is 2.12. The Bertz CT molecular complexity index is 157. The molecule has 1 fully saturated rings. The number of hydrogen-bond donors (Lipinski definition) is 1. The fourth-order valence-electron chi connectivity index (χ4n) is 1.18. The number of nitrogens with zero attached hydrogens (tertiary/aromatic N) is 2. The second-order valence-electron chi connectivity index (χ2n) is 3.03. The number of carbonyl (C=O) groups is 1. The number of carbonyl (C=O) groups excluding carboxylic acids is 1. The molecule has 1 rings (SSSR count). The molecule has 0 aromatic rings. The van der Waals surface area contributed by atoms with Crippen LogP contribution in [0, 0.1) is 0 Å². The molecule has 0 aromatic carbocycles. The third-order valence-electron chi connectivity index (χ3n) is 2.04. The minimum absolute atomic E-state index is 0.0199. The molecule has 1 heterocycles. The highest BCUT2D eigenvalue weighted by molar-refractivity contribution is 14.1. The van der Waals surface area contributed by atoms with E-state index in [4.69, 9.17) is 0 Å². The first-order valence-electron chi connectivity index (χ1n) is 4.03. The van der Waals surface area contributed by atoms with Crippen molar-refractivity contribution in [3.63, 3.8) is 0 Å². The molecular weight excluding hydrogens is 269 g/mol. The minimum Gasteiger partial charge on any atom is -0.335 e. The number of likely N-dealkylation sites (N-methyl/N-ethyl adjacent to an activating group) is 1. The van der Waals surface area contributed by atoms with Crippen LogP contribution in [0.3, 0.4) is 0 Å². The van der Waals surface area contributed by atoms with Gasteiger partial charge < -0.3 is 10.2 Å². The van der Waals surface area contributed by atoms with E-state index in [2.05, 4.69) is 22.2 Å². The number of hydrogen-bond acceptors (Lipinski definition) is 3. The molecule has 0 radical (unpaired) electrons. The van der Waals surface area contributed by atoms with E-state index in [1.807, 2.05) is 0 Å². The molecule has 1 N–H and O–H groups in total. The van der Waals surface area contributed by atoms with Crippen LogP contribution in [0.5, 0.6) is 0 Å². The van der Waals surface area contributed by atoms with Crippen molar-refractivity contribution in [2.45, 2.75) is 0 Å². The van der Waals surface area contributed by atoms with Gasteiger partial charge in [0.15, 0.2) is 0 Å². The van der Waals surface area contributed by atoms with E-state index in [1.54, 1.807) is 22.6 Å². The number of nitrogens with one attached hydrogen (secondary N) is 1. The first kappa shape index (κ1) is 10.2. The Balaban J connectivity index is 2.13. The maximum absolute atomic E-state index is 10.6. The third-order valence-corrected chi connectivity index (χ3v) is 2.42. The first-order valence-corrected chi connectivity index (χ1v) is 5.10. The van der Waals surface area contributed by atoms with E-state index >= 15 is 0 Å². The van der Waals surface area contributed by atoms with Crippen LogP contribution >= 0.6 is 22.6 Å². The summed E-state index contributed by atoms with van der Waals surface area (Å²) in [5, 5.41) is 2.79. The van der Waals surface area contributed by atoms with Gasteiger partial charge in [-0.05, 0) is 7.05 Å². The van der Waals surface area contributed by atoms with Crippen molar-refractivity contribution in [3.05, 3.63) is 0 Å². The third kappa shape index (κ3) is 3.68. The van der Waals surface area contributed by atoms with Crippen LogP contribution in [0.4, 0.5) is 4.79 Å². The molecule has 0 unspecified atom stereocenters. The molecule has 5 heteroatoms. The van der Waals surface area contributed by atoms with E-state index in [9.17, 15) is 4.79 Å². The maximum Gasteiger partial charge on any atom is 0.281 e. The lowest BCUT2D eigenvalue weighted by Crippen LogP contribution is -2.48. The predicted molar refractivity (Wildman–Crippen MR) is 56.5 cm³/mol. The summed E-state index contributed by atoms with van der Waals surface area (Å²) in [5.41, 5.74) is 0. The Hall–Kier alpha value is 0.120. The molecule has 0 atom stereocenters. The van der Waals surface area contributed by atoms with E-state index < -0.39 is 0 Å². The molecule has 1 saturated heterocycles. The zero-order valence-electron chi connectivity index (χ0n) is 7.22. The molecule has 0 aromatic heterocycles. The molecule has 0 bridgehead atoms. The Morgan fingerprint density at radius 1 is 1.42 bits per heavy atom. The molecule has 12 heavy (non-hydrogen) atoms. The van der Waals surface area contributed by atoms with Crippen LogP contribution in [0.1, 0.15) is 0 Å². The molecule has 0 saturated carbocycles. The Morgan fingerprint density at radius 3 is 2.50 bits per heavy atom. The quantitative estimate of drug-likeness (QED) is 0.451.